The van der Waals surface area contributed by atoms with Crippen molar-refractivity contribution in [3.63, 3.8) is 0 Å². The van der Waals surface area contributed by atoms with Crippen LogP contribution in [-0.2, 0) is 14.9 Å². The van der Waals surface area contributed by atoms with Crippen LogP contribution in [0.2, 0.25) is 0 Å². The minimum absolute atomic E-state index is 0.287. The molecular weight excluding hydrogens is 268 g/mol. The first-order valence-electron chi connectivity index (χ1n) is 4.22. The highest BCUT2D eigenvalue weighted by molar-refractivity contribution is 9.11. The molecule has 0 bridgehead atoms. The average molecular weight is 277 g/mol. The first-order valence-corrected chi connectivity index (χ1v) is 5.83. The summed E-state index contributed by atoms with van der Waals surface area (Å²) < 4.78 is 6.15. The molecule has 1 aromatic heterocycles. The molecule has 0 aromatic carbocycles. The van der Waals surface area contributed by atoms with Gasteiger partial charge in [0, 0.05) is 11.5 Å². The predicted octanol–water partition coefficient (Wildman–Crippen LogP) is 2.25. The number of rotatable bonds is 2. The molecular formula is C9H9BrO3S. The van der Waals surface area contributed by atoms with Crippen LogP contribution in [0.4, 0.5) is 0 Å². The van der Waals surface area contributed by atoms with Crippen LogP contribution in [0.5, 0.6) is 0 Å². The summed E-state index contributed by atoms with van der Waals surface area (Å²) in [4.78, 5) is 12.1. The van der Waals surface area contributed by atoms with Crippen molar-refractivity contribution in [2.75, 3.05) is 13.2 Å². The van der Waals surface area contributed by atoms with E-state index in [-0.39, 0.29) is 6.61 Å². The third-order valence-corrected chi connectivity index (χ3v) is 4.30. The summed E-state index contributed by atoms with van der Waals surface area (Å²) >= 11 is 4.81. The van der Waals surface area contributed by atoms with Crippen molar-refractivity contribution in [3.05, 3.63) is 20.8 Å². The molecule has 1 unspecified atom stereocenters. The second-order valence-corrected chi connectivity index (χ2v) is 5.76. The molecule has 5 heteroatoms. The highest BCUT2D eigenvalue weighted by atomic mass is 79.9. The van der Waals surface area contributed by atoms with Crippen LogP contribution in [0.1, 0.15) is 11.3 Å². The van der Waals surface area contributed by atoms with Crippen LogP contribution in [0, 0.1) is 0 Å². The number of hydrogen-bond donors (Lipinski definition) is 1. The van der Waals surface area contributed by atoms with Gasteiger partial charge in [0.15, 0.2) is 0 Å². The highest BCUT2D eigenvalue weighted by Gasteiger charge is 2.45. The summed E-state index contributed by atoms with van der Waals surface area (Å²) in [5, 5.41) is 9.24. The molecule has 1 atom stereocenters. The molecule has 1 saturated heterocycles. The lowest BCUT2D eigenvalue weighted by Gasteiger charge is -2.19. The smallest absolute Gasteiger partial charge is 0.317 e. The number of carboxylic acid groups (broad SMARTS) is 1. The van der Waals surface area contributed by atoms with E-state index in [9.17, 15) is 9.90 Å². The maximum absolute atomic E-state index is 11.2. The van der Waals surface area contributed by atoms with E-state index < -0.39 is 11.4 Å². The van der Waals surface area contributed by atoms with Crippen molar-refractivity contribution in [2.45, 2.75) is 11.8 Å². The van der Waals surface area contributed by atoms with Crippen molar-refractivity contribution >= 4 is 33.2 Å². The number of carbonyl (C=O) groups is 1. The Morgan fingerprint density at radius 2 is 2.43 bits per heavy atom. The van der Waals surface area contributed by atoms with E-state index in [2.05, 4.69) is 15.9 Å². The van der Waals surface area contributed by atoms with Crippen LogP contribution in [0.15, 0.2) is 15.9 Å². The van der Waals surface area contributed by atoms with Gasteiger partial charge in [-0.25, -0.2) is 0 Å². The zero-order chi connectivity index (χ0) is 10.2. The van der Waals surface area contributed by atoms with Crippen LogP contribution in [-0.4, -0.2) is 24.3 Å². The average Bonchev–Trinajstić information content (AvgIpc) is 2.71. The van der Waals surface area contributed by atoms with E-state index in [4.69, 9.17) is 4.74 Å². The van der Waals surface area contributed by atoms with E-state index in [0.29, 0.717) is 13.0 Å². The van der Waals surface area contributed by atoms with E-state index in [1.54, 1.807) is 0 Å². The van der Waals surface area contributed by atoms with E-state index in [0.717, 1.165) is 8.66 Å². The van der Waals surface area contributed by atoms with E-state index in [1.165, 1.54) is 11.3 Å². The van der Waals surface area contributed by atoms with Crippen LogP contribution >= 0.6 is 27.3 Å². The molecule has 1 aromatic rings. The summed E-state index contributed by atoms with van der Waals surface area (Å²) in [6, 6.07) is 3.74. The van der Waals surface area contributed by atoms with Crippen molar-refractivity contribution in [3.8, 4) is 0 Å². The fourth-order valence-electron chi connectivity index (χ4n) is 1.60. The summed E-state index contributed by atoms with van der Waals surface area (Å²) in [5.74, 6) is -0.788. The SMILES string of the molecule is O=C(O)C1(c2ccc(Br)s2)CCOC1. The molecule has 1 fully saturated rings. The van der Waals surface area contributed by atoms with Crippen LogP contribution < -0.4 is 0 Å². The Morgan fingerprint density at radius 1 is 1.64 bits per heavy atom. The molecule has 1 aliphatic heterocycles. The molecule has 1 aliphatic rings. The molecule has 14 heavy (non-hydrogen) atoms. The topological polar surface area (TPSA) is 46.5 Å². The van der Waals surface area contributed by atoms with Gasteiger partial charge in [-0.3, -0.25) is 4.79 Å². The summed E-state index contributed by atoms with van der Waals surface area (Å²) in [7, 11) is 0. The predicted molar refractivity (Wildman–Crippen MR) is 56.8 cm³/mol. The van der Waals surface area contributed by atoms with Gasteiger partial charge < -0.3 is 9.84 Å². The van der Waals surface area contributed by atoms with Gasteiger partial charge in [0.25, 0.3) is 0 Å². The monoisotopic (exact) mass is 276 g/mol. The zero-order valence-electron chi connectivity index (χ0n) is 7.33. The molecule has 0 saturated carbocycles. The normalized spacial score (nSPS) is 26.6. The third kappa shape index (κ3) is 1.49. The van der Waals surface area contributed by atoms with Gasteiger partial charge in [-0.1, -0.05) is 0 Å². The quantitative estimate of drug-likeness (QED) is 0.901. The number of carboxylic acids is 1. The van der Waals surface area contributed by atoms with Gasteiger partial charge in [-0.15, -0.1) is 11.3 Å². The Kier molecular flexibility index (Phi) is 2.64. The zero-order valence-corrected chi connectivity index (χ0v) is 9.73. The van der Waals surface area contributed by atoms with Crippen molar-refractivity contribution in [2.24, 2.45) is 0 Å². The lowest BCUT2D eigenvalue weighted by atomic mass is 9.86. The number of thiophene rings is 1. The van der Waals surface area contributed by atoms with Crippen LogP contribution in [0.25, 0.3) is 0 Å². The number of hydrogen-bond acceptors (Lipinski definition) is 3. The molecule has 0 aliphatic carbocycles. The largest absolute Gasteiger partial charge is 0.480 e. The Morgan fingerprint density at radius 3 is 2.86 bits per heavy atom. The molecule has 0 amide bonds. The van der Waals surface area contributed by atoms with Crippen LogP contribution in [0.3, 0.4) is 0 Å². The van der Waals surface area contributed by atoms with E-state index in [1.807, 2.05) is 12.1 Å². The molecule has 76 valence electrons. The van der Waals surface area contributed by atoms with Crippen molar-refractivity contribution in [1.29, 1.82) is 0 Å². The minimum atomic E-state index is -0.809. The van der Waals surface area contributed by atoms with Gasteiger partial charge in [0.2, 0.25) is 0 Å². The summed E-state index contributed by atoms with van der Waals surface area (Å²) in [6.07, 6.45) is 0.565. The molecule has 2 rings (SSSR count). The summed E-state index contributed by atoms with van der Waals surface area (Å²) in [6.45, 7) is 0.817. The number of aliphatic carboxylic acids is 1. The Labute approximate surface area is 93.8 Å². The Hall–Kier alpha value is -0.390. The van der Waals surface area contributed by atoms with Crippen molar-refractivity contribution in [1.82, 2.24) is 0 Å². The maximum atomic E-state index is 11.2. The van der Waals surface area contributed by atoms with Crippen molar-refractivity contribution < 1.29 is 14.6 Å². The first-order chi connectivity index (χ1) is 6.65. The van der Waals surface area contributed by atoms with Gasteiger partial charge in [-0.05, 0) is 34.5 Å². The van der Waals surface area contributed by atoms with E-state index >= 15 is 0 Å². The molecule has 0 radical (unpaired) electrons. The van der Waals surface area contributed by atoms with Gasteiger partial charge in [-0.2, -0.15) is 0 Å². The fraction of sp³-hybridized carbons (Fsp3) is 0.444. The molecule has 3 nitrogen and oxygen atoms in total. The number of ether oxygens (including phenoxy) is 1. The lowest BCUT2D eigenvalue weighted by molar-refractivity contribution is -0.143. The first kappa shape index (κ1) is 10.1. The Balaban J connectivity index is 2.41. The molecule has 0 spiro atoms. The second-order valence-electron chi connectivity index (χ2n) is 3.29. The third-order valence-electron chi connectivity index (χ3n) is 2.48. The minimum Gasteiger partial charge on any atom is -0.480 e. The number of halogens is 1. The fourth-order valence-corrected chi connectivity index (χ4v) is 3.19. The van der Waals surface area contributed by atoms with Gasteiger partial charge in [0.1, 0.15) is 5.41 Å². The maximum Gasteiger partial charge on any atom is 0.317 e. The lowest BCUT2D eigenvalue weighted by Crippen LogP contribution is -2.35. The molecule has 1 N–H and O–H groups in total. The summed E-state index contributed by atoms with van der Waals surface area (Å²) in [5.41, 5.74) is -0.809. The molecule has 2 heterocycles. The highest BCUT2D eigenvalue weighted by Crippen LogP contribution is 2.39. The van der Waals surface area contributed by atoms with Gasteiger partial charge in [0.05, 0.1) is 10.4 Å². The standard InChI is InChI=1S/C9H9BrO3S/c10-7-2-1-6(14-7)9(8(11)12)3-4-13-5-9/h1-2H,3-5H2,(H,11,12). The second kappa shape index (κ2) is 3.64. The Bertz CT molecular complexity index is 355. The van der Waals surface area contributed by atoms with Gasteiger partial charge >= 0.3 is 5.97 Å².